The normalized spacial score (nSPS) is 10.8. The quantitative estimate of drug-likeness (QED) is 0.122. The van der Waals surface area contributed by atoms with E-state index in [9.17, 15) is 4.79 Å². The third kappa shape index (κ3) is 13.9. The number of unbranched alkanes of at least 4 members (excludes halogenated alkanes) is 13. The number of ether oxygens (including phenoxy) is 2. The lowest BCUT2D eigenvalue weighted by molar-refractivity contribution is -0.118. The molecule has 0 heterocycles. The Kier molecular flexibility index (Phi) is 16.9. The third-order valence-electron chi connectivity index (χ3n) is 6.40. The van der Waals surface area contributed by atoms with Gasteiger partial charge in [-0.15, -0.1) is 0 Å². The molecule has 0 aromatic heterocycles. The molecule has 1 amide bonds. The van der Waals surface area contributed by atoms with E-state index in [0.29, 0.717) is 11.1 Å². The Morgan fingerprint density at radius 1 is 0.694 bits per heavy atom. The van der Waals surface area contributed by atoms with Gasteiger partial charge in [-0.3, -0.25) is 4.79 Å². The summed E-state index contributed by atoms with van der Waals surface area (Å²) in [6.07, 6.45) is 19.0. The molecule has 4 nitrogen and oxygen atoms in total. The number of alkyl halides is 1. The van der Waals surface area contributed by atoms with Crippen molar-refractivity contribution in [1.82, 2.24) is 0 Å². The smallest absolute Gasteiger partial charge is 0.262 e. The van der Waals surface area contributed by atoms with Crippen molar-refractivity contribution in [3.63, 3.8) is 0 Å². The van der Waals surface area contributed by atoms with E-state index in [-0.39, 0.29) is 12.5 Å². The van der Waals surface area contributed by atoms with E-state index in [0.717, 1.165) is 30.0 Å². The van der Waals surface area contributed by atoms with Crippen molar-refractivity contribution < 1.29 is 14.3 Å². The van der Waals surface area contributed by atoms with Crippen molar-refractivity contribution in [2.75, 3.05) is 18.5 Å². The minimum Gasteiger partial charge on any atom is -0.494 e. The predicted molar refractivity (Wildman–Crippen MR) is 155 cm³/mol. The molecule has 2 aromatic rings. The number of carbonyl (C=O) groups excluding carboxylic acids is 1. The lowest BCUT2D eigenvalue weighted by Gasteiger charge is -2.11. The van der Waals surface area contributed by atoms with Gasteiger partial charge in [0.25, 0.3) is 5.91 Å². The van der Waals surface area contributed by atoms with Gasteiger partial charge in [0.05, 0.1) is 6.61 Å². The predicted octanol–water partition coefficient (Wildman–Crippen LogP) is 9.46. The average Bonchev–Trinajstić information content (AvgIpc) is 2.90. The fraction of sp³-hybridized carbons (Fsp3) is 0.581. The summed E-state index contributed by atoms with van der Waals surface area (Å²) < 4.78 is 11.5. The summed E-state index contributed by atoms with van der Waals surface area (Å²) in [5.41, 5.74) is 1.83. The summed E-state index contributed by atoms with van der Waals surface area (Å²) in [6.45, 7) is 2.99. The van der Waals surface area contributed by atoms with Crippen LogP contribution in [0.4, 0.5) is 5.69 Å². The van der Waals surface area contributed by atoms with Gasteiger partial charge in [0.1, 0.15) is 11.5 Å². The SMILES string of the molecule is CCCCCCCCCCCCCCCCOc1ccc(OCC(=O)Nc2ccccc2CBr)cc1. The molecule has 0 fully saturated rings. The zero-order valence-corrected chi connectivity index (χ0v) is 23.8. The molecule has 0 aliphatic heterocycles. The molecule has 36 heavy (non-hydrogen) atoms. The second-order valence-electron chi connectivity index (χ2n) is 9.54. The van der Waals surface area contributed by atoms with E-state index in [2.05, 4.69) is 28.2 Å². The number of benzene rings is 2. The molecule has 0 aliphatic rings. The van der Waals surface area contributed by atoms with Crippen molar-refractivity contribution in [2.24, 2.45) is 0 Å². The van der Waals surface area contributed by atoms with Crippen molar-refractivity contribution in [2.45, 2.75) is 102 Å². The number of carbonyl (C=O) groups is 1. The van der Waals surface area contributed by atoms with Crippen molar-refractivity contribution >= 4 is 27.5 Å². The third-order valence-corrected chi connectivity index (χ3v) is 7.00. The van der Waals surface area contributed by atoms with E-state index in [4.69, 9.17) is 9.47 Å². The second kappa shape index (κ2) is 20.1. The molecular formula is C31H46BrNO3. The van der Waals surface area contributed by atoms with Gasteiger partial charge in [0, 0.05) is 11.0 Å². The van der Waals surface area contributed by atoms with Gasteiger partial charge in [-0.25, -0.2) is 0 Å². The fourth-order valence-corrected chi connectivity index (χ4v) is 4.70. The van der Waals surface area contributed by atoms with Crippen LogP contribution in [0.15, 0.2) is 48.5 Å². The summed E-state index contributed by atoms with van der Waals surface area (Å²) >= 11 is 3.44. The van der Waals surface area contributed by atoms with Crippen LogP contribution < -0.4 is 14.8 Å². The summed E-state index contributed by atoms with van der Waals surface area (Å²) in [6, 6.07) is 15.2. The van der Waals surface area contributed by atoms with Gasteiger partial charge >= 0.3 is 0 Å². The Morgan fingerprint density at radius 2 is 1.19 bits per heavy atom. The maximum atomic E-state index is 12.2. The fourth-order valence-electron chi connectivity index (χ4n) is 4.21. The largest absolute Gasteiger partial charge is 0.494 e. The van der Waals surface area contributed by atoms with Crippen LogP contribution in [0, 0.1) is 0 Å². The van der Waals surface area contributed by atoms with Crippen LogP contribution in [0.3, 0.4) is 0 Å². The molecule has 0 radical (unpaired) electrons. The number of hydrogen-bond donors (Lipinski definition) is 1. The Morgan fingerprint density at radius 3 is 1.75 bits per heavy atom. The Hall–Kier alpha value is -2.01. The Labute approximate surface area is 227 Å². The Bertz CT molecular complexity index is 825. The molecular weight excluding hydrogens is 514 g/mol. The first kappa shape index (κ1) is 30.2. The lowest BCUT2D eigenvalue weighted by atomic mass is 10.0. The summed E-state index contributed by atoms with van der Waals surface area (Å²) in [7, 11) is 0. The molecule has 0 saturated carbocycles. The van der Waals surface area contributed by atoms with Crippen molar-refractivity contribution in [1.29, 1.82) is 0 Å². The van der Waals surface area contributed by atoms with Gasteiger partial charge in [-0.1, -0.05) is 125 Å². The van der Waals surface area contributed by atoms with Crippen molar-refractivity contribution in [3.05, 3.63) is 54.1 Å². The van der Waals surface area contributed by atoms with Crippen LogP contribution in [-0.2, 0) is 10.1 Å². The number of hydrogen-bond acceptors (Lipinski definition) is 3. The van der Waals surface area contributed by atoms with E-state index < -0.39 is 0 Å². The molecule has 0 atom stereocenters. The van der Waals surface area contributed by atoms with E-state index in [1.807, 2.05) is 48.5 Å². The van der Waals surface area contributed by atoms with Crippen LogP contribution in [0.1, 0.15) is 102 Å². The van der Waals surface area contributed by atoms with Gasteiger partial charge in [-0.05, 0) is 42.3 Å². The topological polar surface area (TPSA) is 47.6 Å². The number of amides is 1. The standard InChI is InChI=1S/C31H46BrNO3/c1-2-3-4-5-6-7-8-9-10-11-12-13-14-17-24-35-28-20-22-29(23-21-28)36-26-31(34)33-30-19-16-15-18-27(30)25-32/h15-16,18-23H,2-14,17,24-26H2,1H3,(H,33,34). The van der Waals surface area contributed by atoms with Crippen LogP contribution in [-0.4, -0.2) is 19.1 Å². The summed E-state index contributed by atoms with van der Waals surface area (Å²) in [4.78, 5) is 12.2. The van der Waals surface area contributed by atoms with Crippen LogP contribution in [0.5, 0.6) is 11.5 Å². The average molecular weight is 561 g/mol. The zero-order valence-electron chi connectivity index (χ0n) is 22.2. The van der Waals surface area contributed by atoms with E-state index in [1.165, 1.54) is 83.5 Å². The second-order valence-corrected chi connectivity index (χ2v) is 10.1. The number of halogens is 1. The molecule has 2 rings (SSSR count). The monoisotopic (exact) mass is 559 g/mol. The summed E-state index contributed by atoms with van der Waals surface area (Å²) in [5, 5.41) is 3.58. The molecule has 2 aromatic carbocycles. The number of nitrogens with one attached hydrogen (secondary N) is 1. The minimum atomic E-state index is -0.179. The molecule has 0 aliphatic carbocycles. The van der Waals surface area contributed by atoms with Crippen LogP contribution >= 0.6 is 15.9 Å². The zero-order chi connectivity index (χ0) is 25.7. The first-order valence-corrected chi connectivity index (χ1v) is 15.1. The maximum absolute atomic E-state index is 12.2. The highest BCUT2D eigenvalue weighted by atomic mass is 79.9. The van der Waals surface area contributed by atoms with Gasteiger partial charge in [0.15, 0.2) is 6.61 Å². The molecule has 0 bridgehead atoms. The first-order chi connectivity index (χ1) is 17.7. The number of para-hydroxylation sites is 1. The minimum absolute atomic E-state index is 0.0319. The molecule has 5 heteroatoms. The highest BCUT2D eigenvalue weighted by molar-refractivity contribution is 9.08. The van der Waals surface area contributed by atoms with Gasteiger partial charge in [0.2, 0.25) is 0 Å². The Balaban J connectivity index is 1.45. The number of anilines is 1. The van der Waals surface area contributed by atoms with Crippen LogP contribution in [0.2, 0.25) is 0 Å². The van der Waals surface area contributed by atoms with E-state index >= 15 is 0 Å². The first-order valence-electron chi connectivity index (χ1n) is 14.0. The molecule has 0 unspecified atom stereocenters. The van der Waals surface area contributed by atoms with Crippen LogP contribution in [0.25, 0.3) is 0 Å². The van der Waals surface area contributed by atoms with Gasteiger partial charge < -0.3 is 14.8 Å². The molecule has 0 saturated heterocycles. The highest BCUT2D eigenvalue weighted by Gasteiger charge is 2.07. The van der Waals surface area contributed by atoms with E-state index in [1.54, 1.807) is 0 Å². The number of rotatable bonds is 21. The lowest BCUT2D eigenvalue weighted by Crippen LogP contribution is -2.20. The molecule has 200 valence electrons. The van der Waals surface area contributed by atoms with Crippen molar-refractivity contribution in [3.8, 4) is 11.5 Å². The highest BCUT2D eigenvalue weighted by Crippen LogP contribution is 2.20. The summed E-state index contributed by atoms with van der Waals surface area (Å²) in [5.74, 6) is 1.32. The molecule has 0 spiro atoms. The van der Waals surface area contributed by atoms with Gasteiger partial charge in [-0.2, -0.15) is 0 Å². The molecule has 1 N–H and O–H groups in total. The maximum Gasteiger partial charge on any atom is 0.262 e.